The van der Waals surface area contributed by atoms with Crippen molar-refractivity contribution in [3.63, 3.8) is 0 Å². The number of anilines is 1. The van der Waals surface area contributed by atoms with Crippen LogP contribution in [0.3, 0.4) is 0 Å². The summed E-state index contributed by atoms with van der Waals surface area (Å²) in [6, 6.07) is 1.93. The minimum absolute atomic E-state index is 0.319. The number of halogens is 2. The largest absolute Gasteiger partial charge is 0.495 e. The number of pyridine rings is 1. The van der Waals surface area contributed by atoms with E-state index in [1.54, 1.807) is 7.11 Å². The number of nitrogens with zero attached hydrogens (tertiary/aromatic N) is 1. The highest BCUT2D eigenvalue weighted by atomic mass is 79.9. The molecule has 19 heavy (non-hydrogen) atoms. The van der Waals surface area contributed by atoms with Crippen LogP contribution in [0.1, 0.15) is 31.0 Å². The van der Waals surface area contributed by atoms with Gasteiger partial charge in [-0.05, 0) is 56.3 Å². The van der Waals surface area contributed by atoms with Gasteiger partial charge in [0.05, 0.1) is 28.2 Å². The van der Waals surface area contributed by atoms with Crippen LogP contribution in [0.5, 0.6) is 5.75 Å². The second kappa shape index (κ2) is 5.29. The maximum atomic E-state index is 6.37. The zero-order valence-electron chi connectivity index (χ0n) is 11.3. The van der Waals surface area contributed by atoms with Crippen LogP contribution < -0.4 is 10.5 Å². The number of nitrogen functional groups attached to an aromatic ring is 1. The molecular weight excluding hydrogens is 372 g/mol. The third kappa shape index (κ3) is 2.34. The summed E-state index contributed by atoms with van der Waals surface area (Å²) in [5.41, 5.74) is 10.00. The van der Waals surface area contributed by atoms with E-state index in [2.05, 4.69) is 50.7 Å². The van der Waals surface area contributed by atoms with Crippen molar-refractivity contribution < 1.29 is 4.74 Å². The highest BCUT2D eigenvalue weighted by molar-refractivity contribution is 9.11. The van der Waals surface area contributed by atoms with Gasteiger partial charge in [-0.25, -0.2) is 0 Å². The van der Waals surface area contributed by atoms with Gasteiger partial charge in [0.2, 0.25) is 0 Å². The third-order valence-corrected chi connectivity index (χ3v) is 4.36. The van der Waals surface area contributed by atoms with Crippen molar-refractivity contribution in [1.29, 1.82) is 0 Å². The number of ether oxygens (including phenoxy) is 1. The van der Waals surface area contributed by atoms with Gasteiger partial charge in [-0.1, -0.05) is 13.8 Å². The van der Waals surface area contributed by atoms with E-state index in [0.717, 1.165) is 42.5 Å². The fourth-order valence-corrected chi connectivity index (χ4v) is 3.85. The first kappa shape index (κ1) is 14.6. The summed E-state index contributed by atoms with van der Waals surface area (Å²) in [7, 11) is 1.64. The van der Waals surface area contributed by atoms with Crippen LogP contribution in [0.25, 0.3) is 10.9 Å². The molecule has 1 aromatic heterocycles. The molecule has 0 aliphatic carbocycles. The number of fused-ring (bicyclic) bond motifs is 1. The molecule has 2 aromatic rings. The maximum Gasteiger partial charge on any atom is 0.144 e. The smallest absolute Gasteiger partial charge is 0.144 e. The highest BCUT2D eigenvalue weighted by Crippen LogP contribution is 2.43. The molecule has 2 rings (SSSR count). The molecule has 0 atom stereocenters. The second-order valence-corrected chi connectivity index (χ2v) is 6.49. The molecule has 3 nitrogen and oxygen atoms in total. The quantitative estimate of drug-likeness (QED) is 0.806. The molecule has 0 spiro atoms. The lowest BCUT2D eigenvalue weighted by Crippen LogP contribution is -2.05. The minimum atomic E-state index is 0.319. The van der Waals surface area contributed by atoms with Crippen LogP contribution in [0.4, 0.5) is 5.69 Å². The number of rotatable bonds is 2. The molecule has 0 saturated heterocycles. The zero-order valence-corrected chi connectivity index (χ0v) is 14.5. The molecule has 1 aromatic carbocycles. The Hall–Kier alpha value is -0.810. The van der Waals surface area contributed by atoms with E-state index in [-0.39, 0.29) is 0 Å². The Balaban J connectivity index is 3.01. The van der Waals surface area contributed by atoms with Gasteiger partial charge in [0, 0.05) is 10.2 Å². The number of hydrogen-bond donors (Lipinski definition) is 1. The lowest BCUT2D eigenvalue weighted by atomic mass is 9.97. The van der Waals surface area contributed by atoms with Gasteiger partial charge in [0.15, 0.2) is 0 Å². The number of methoxy groups -OCH3 is 1. The van der Waals surface area contributed by atoms with Gasteiger partial charge < -0.3 is 10.5 Å². The molecular formula is C14H16Br2N2O. The Bertz CT molecular complexity index is 654. The van der Waals surface area contributed by atoms with Crippen molar-refractivity contribution in [2.75, 3.05) is 12.8 Å². The first-order valence-electron chi connectivity index (χ1n) is 6.00. The molecule has 0 aliphatic rings. The van der Waals surface area contributed by atoms with Crippen LogP contribution in [0.15, 0.2) is 15.0 Å². The van der Waals surface area contributed by atoms with Crippen LogP contribution >= 0.6 is 31.9 Å². The van der Waals surface area contributed by atoms with E-state index < -0.39 is 0 Å². The molecule has 0 amide bonds. The van der Waals surface area contributed by atoms with Crippen LogP contribution in [-0.2, 0) is 0 Å². The fraction of sp³-hybridized carbons (Fsp3) is 0.357. The van der Waals surface area contributed by atoms with Gasteiger partial charge in [-0.15, -0.1) is 0 Å². The number of hydrogen-bond acceptors (Lipinski definition) is 3. The van der Waals surface area contributed by atoms with Gasteiger partial charge in [0.25, 0.3) is 0 Å². The Morgan fingerprint density at radius 1 is 1.26 bits per heavy atom. The van der Waals surface area contributed by atoms with Crippen molar-refractivity contribution in [2.45, 2.75) is 26.7 Å². The highest BCUT2D eigenvalue weighted by Gasteiger charge is 2.19. The normalized spacial score (nSPS) is 11.3. The molecule has 0 bridgehead atoms. The second-order valence-electron chi connectivity index (χ2n) is 4.78. The molecule has 5 heteroatoms. The summed E-state index contributed by atoms with van der Waals surface area (Å²) < 4.78 is 7.25. The topological polar surface area (TPSA) is 48.1 Å². The summed E-state index contributed by atoms with van der Waals surface area (Å²) >= 11 is 7.04. The summed E-state index contributed by atoms with van der Waals surface area (Å²) in [6.07, 6.45) is 0. The molecule has 102 valence electrons. The van der Waals surface area contributed by atoms with Crippen molar-refractivity contribution in [3.8, 4) is 5.75 Å². The van der Waals surface area contributed by atoms with E-state index in [4.69, 9.17) is 10.5 Å². The summed E-state index contributed by atoms with van der Waals surface area (Å²) in [5, 5.41) is 0.859. The van der Waals surface area contributed by atoms with E-state index in [0.29, 0.717) is 5.92 Å². The zero-order chi connectivity index (χ0) is 14.3. The van der Waals surface area contributed by atoms with Crippen LogP contribution in [0.2, 0.25) is 0 Å². The Morgan fingerprint density at radius 2 is 1.89 bits per heavy atom. The molecule has 2 N–H and O–H groups in total. The van der Waals surface area contributed by atoms with E-state index in [1.165, 1.54) is 0 Å². The predicted molar refractivity (Wildman–Crippen MR) is 86.9 cm³/mol. The number of aryl methyl sites for hydroxylation is 1. The van der Waals surface area contributed by atoms with Gasteiger partial charge in [0.1, 0.15) is 5.75 Å². The van der Waals surface area contributed by atoms with Crippen LogP contribution in [-0.4, -0.2) is 12.1 Å². The van der Waals surface area contributed by atoms with Gasteiger partial charge in [-0.2, -0.15) is 0 Å². The predicted octanol–water partition coefficient (Wildman–Crippen LogP) is 4.78. The Kier molecular flexibility index (Phi) is 4.06. The SMILES string of the molecule is COc1c(Br)cc(Br)c2nc(C)c(C(C)C)c(N)c12. The fourth-order valence-electron chi connectivity index (χ4n) is 2.44. The first-order valence-corrected chi connectivity index (χ1v) is 7.58. The van der Waals surface area contributed by atoms with Gasteiger partial charge >= 0.3 is 0 Å². The minimum Gasteiger partial charge on any atom is -0.495 e. The molecule has 0 fully saturated rings. The standard InChI is InChI=1S/C14H16Br2N2O/c1-6(2)10-7(3)18-13-8(15)5-9(16)14(19-4)11(13)12(10)17/h5-6H,1-4H3,(H2,17,18). The van der Waals surface area contributed by atoms with Crippen molar-refractivity contribution in [1.82, 2.24) is 4.98 Å². The van der Waals surface area contributed by atoms with E-state index in [1.807, 2.05) is 13.0 Å². The number of benzene rings is 1. The maximum absolute atomic E-state index is 6.37. The first-order chi connectivity index (χ1) is 8.88. The third-order valence-electron chi connectivity index (χ3n) is 3.17. The van der Waals surface area contributed by atoms with Gasteiger partial charge in [-0.3, -0.25) is 4.98 Å². The molecule has 1 heterocycles. The molecule has 0 radical (unpaired) electrons. The van der Waals surface area contributed by atoms with E-state index in [9.17, 15) is 0 Å². The van der Waals surface area contributed by atoms with E-state index >= 15 is 0 Å². The summed E-state index contributed by atoms with van der Waals surface area (Å²) in [4.78, 5) is 4.68. The summed E-state index contributed by atoms with van der Waals surface area (Å²) in [6.45, 7) is 6.23. The lowest BCUT2D eigenvalue weighted by molar-refractivity contribution is 0.417. The number of nitrogens with two attached hydrogens (primary N) is 1. The van der Waals surface area contributed by atoms with Crippen molar-refractivity contribution in [3.05, 3.63) is 26.3 Å². The Morgan fingerprint density at radius 3 is 2.42 bits per heavy atom. The lowest BCUT2D eigenvalue weighted by Gasteiger charge is -2.18. The monoisotopic (exact) mass is 386 g/mol. The molecule has 0 unspecified atom stereocenters. The molecule has 0 saturated carbocycles. The number of aromatic nitrogens is 1. The Labute approximate surface area is 129 Å². The van der Waals surface area contributed by atoms with Crippen molar-refractivity contribution >= 4 is 48.5 Å². The van der Waals surface area contributed by atoms with Crippen molar-refractivity contribution in [2.24, 2.45) is 0 Å². The molecule has 0 aliphatic heterocycles. The average molecular weight is 388 g/mol. The summed E-state index contributed by atoms with van der Waals surface area (Å²) in [5.74, 6) is 1.05. The van der Waals surface area contributed by atoms with Crippen LogP contribution in [0, 0.1) is 6.92 Å². The average Bonchev–Trinajstić information content (AvgIpc) is 2.30.